The Morgan fingerprint density at radius 3 is 3.00 bits per heavy atom. The van der Waals surface area contributed by atoms with Crippen LogP contribution in [-0.4, -0.2) is 48.0 Å². The molecule has 2 N–H and O–H groups in total. The third-order valence-electron chi connectivity index (χ3n) is 3.08. The fourth-order valence-electron chi connectivity index (χ4n) is 2.05. The molecule has 2 unspecified atom stereocenters. The van der Waals surface area contributed by atoms with Gasteiger partial charge in [0.15, 0.2) is 0 Å². The molecule has 4 nitrogen and oxygen atoms in total. The molecule has 0 aromatic heterocycles. The van der Waals surface area contributed by atoms with Crippen molar-refractivity contribution in [3.8, 4) is 5.75 Å². The van der Waals surface area contributed by atoms with E-state index < -0.39 is 6.10 Å². The number of nitrogens with zero attached hydrogens (tertiary/aromatic N) is 1. The van der Waals surface area contributed by atoms with Crippen LogP contribution in [0.4, 0.5) is 0 Å². The molecule has 1 aliphatic heterocycles. The quantitative estimate of drug-likeness (QED) is 0.880. The van der Waals surface area contributed by atoms with Gasteiger partial charge in [-0.2, -0.15) is 0 Å². The van der Waals surface area contributed by atoms with Crippen molar-refractivity contribution >= 4 is 15.9 Å². The maximum Gasteiger partial charge on any atom is 0.125 e. The van der Waals surface area contributed by atoms with Gasteiger partial charge in [-0.1, -0.05) is 15.9 Å². The van der Waals surface area contributed by atoms with Crippen molar-refractivity contribution in [2.24, 2.45) is 0 Å². The molecule has 0 aliphatic carbocycles. The Bertz CT molecular complexity index is 399. The summed E-state index contributed by atoms with van der Waals surface area (Å²) in [6.45, 7) is 1.03. The summed E-state index contributed by atoms with van der Waals surface area (Å²) in [6.07, 6.45) is -0.590. The van der Waals surface area contributed by atoms with Crippen LogP contribution in [0.1, 0.15) is 11.7 Å². The van der Waals surface area contributed by atoms with E-state index in [0.29, 0.717) is 13.2 Å². The van der Waals surface area contributed by atoms with Gasteiger partial charge in [0.05, 0.1) is 12.6 Å². The standard InChI is InChI=1S/C12H16BrNO3/c1-14(4-5-15)10-7-17-11-3-2-8(13)6-9(11)12(10)16/h2-3,6,10,12,15-16H,4-5,7H2,1H3. The van der Waals surface area contributed by atoms with Crippen LogP contribution in [0.3, 0.4) is 0 Å². The number of hydrogen-bond acceptors (Lipinski definition) is 4. The highest BCUT2D eigenvalue weighted by Crippen LogP contribution is 2.35. The first-order valence-corrected chi connectivity index (χ1v) is 6.34. The average molecular weight is 302 g/mol. The zero-order valence-electron chi connectivity index (χ0n) is 9.64. The van der Waals surface area contributed by atoms with E-state index in [4.69, 9.17) is 9.84 Å². The molecular weight excluding hydrogens is 286 g/mol. The van der Waals surface area contributed by atoms with Crippen LogP contribution in [0.25, 0.3) is 0 Å². The normalized spacial score (nSPS) is 23.4. The number of halogens is 1. The Morgan fingerprint density at radius 1 is 1.53 bits per heavy atom. The molecule has 0 saturated carbocycles. The predicted octanol–water partition coefficient (Wildman–Crippen LogP) is 1.17. The summed E-state index contributed by atoms with van der Waals surface area (Å²) in [6, 6.07) is 5.50. The van der Waals surface area contributed by atoms with Gasteiger partial charge in [0, 0.05) is 16.6 Å². The zero-order chi connectivity index (χ0) is 12.4. The second-order valence-electron chi connectivity index (χ2n) is 4.21. The second kappa shape index (κ2) is 5.35. The van der Waals surface area contributed by atoms with Gasteiger partial charge in [-0.15, -0.1) is 0 Å². The average Bonchev–Trinajstić information content (AvgIpc) is 2.30. The Morgan fingerprint density at radius 2 is 2.29 bits per heavy atom. The van der Waals surface area contributed by atoms with E-state index in [-0.39, 0.29) is 12.6 Å². The van der Waals surface area contributed by atoms with Gasteiger partial charge in [-0.25, -0.2) is 0 Å². The molecule has 94 valence electrons. The van der Waals surface area contributed by atoms with Crippen molar-refractivity contribution in [3.63, 3.8) is 0 Å². The van der Waals surface area contributed by atoms with Crippen molar-refractivity contribution in [2.45, 2.75) is 12.1 Å². The van der Waals surface area contributed by atoms with E-state index in [2.05, 4.69) is 15.9 Å². The fraction of sp³-hybridized carbons (Fsp3) is 0.500. The van der Waals surface area contributed by atoms with E-state index in [1.54, 1.807) is 0 Å². The molecule has 1 heterocycles. The van der Waals surface area contributed by atoms with E-state index in [0.717, 1.165) is 15.8 Å². The number of hydrogen-bond donors (Lipinski definition) is 2. The van der Waals surface area contributed by atoms with Gasteiger partial charge in [0.2, 0.25) is 0 Å². The topological polar surface area (TPSA) is 52.9 Å². The first kappa shape index (κ1) is 12.8. The van der Waals surface area contributed by atoms with Crippen LogP contribution >= 0.6 is 15.9 Å². The summed E-state index contributed by atoms with van der Waals surface area (Å²) in [5.41, 5.74) is 0.792. The summed E-state index contributed by atoms with van der Waals surface area (Å²) in [5, 5.41) is 19.2. The minimum Gasteiger partial charge on any atom is -0.491 e. The van der Waals surface area contributed by atoms with Crippen molar-refractivity contribution in [1.82, 2.24) is 4.90 Å². The van der Waals surface area contributed by atoms with Gasteiger partial charge in [-0.05, 0) is 25.2 Å². The Balaban J connectivity index is 2.22. The van der Waals surface area contributed by atoms with Crippen LogP contribution in [-0.2, 0) is 0 Å². The zero-order valence-corrected chi connectivity index (χ0v) is 11.2. The van der Waals surface area contributed by atoms with Crippen LogP contribution in [0.15, 0.2) is 22.7 Å². The Labute approximate surface area is 109 Å². The lowest BCUT2D eigenvalue weighted by molar-refractivity contribution is 0.00946. The molecule has 1 aromatic carbocycles. The molecule has 0 spiro atoms. The van der Waals surface area contributed by atoms with Gasteiger partial charge in [-0.3, -0.25) is 4.90 Å². The molecule has 17 heavy (non-hydrogen) atoms. The largest absolute Gasteiger partial charge is 0.491 e. The lowest BCUT2D eigenvalue weighted by atomic mass is 9.98. The van der Waals surface area contributed by atoms with Gasteiger partial charge in [0.25, 0.3) is 0 Å². The van der Waals surface area contributed by atoms with Gasteiger partial charge in [0.1, 0.15) is 18.5 Å². The summed E-state index contributed by atoms with van der Waals surface area (Å²) < 4.78 is 6.55. The van der Waals surface area contributed by atoms with Crippen LogP contribution in [0, 0.1) is 0 Å². The molecule has 0 radical (unpaired) electrons. The van der Waals surface area contributed by atoms with E-state index in [9.17, 15) is 5.11 Å². The SMILES string of the molecule is CN(CCO)C1COc2ccc(Br)cc2C1O. The number of benzene rings is 1. The lowest BCUT2D eigenvalue weighted by Crippen LogP contribution is -2.44. The number of rotatable bonds is 3. The van der Waals surface area contributed by atoms with Gasteiger partial charge < -0.3 is 14.9 Å². The maximum absolute atomic E-state index is 10.3. The number of likely N-dealkylation sites (N-methyl/N-ethyl adjacent to an activating group) is 1. The van der Waals surface area contributed by atoms with Gasteiger partial charge >= 0.3 is 0 Å². The smallest absolute Gasteiger partial charge is 0.125 e. The molecular formula is C12H16BrNO3. The molecule has 0 saturated heterocycles. The highest BCUT2D eigenvalue weighted by Gasteiger charge is 2.32. The third-order valence-corrected chi connectivity index (χ3v) is 3.58. The number of aliphatic hydroxyl groups is 2. The summed E-state index contributed by atoms with van der Waals surface area (Å²) in [7, 11) is 1.87. The molecule has 5 heteroatoms. The predicted molar refractivity (Wildman–Crippen MR) is 68.1 cm³/mol. The minimum atomic E-state index is -0.590. The minimum absolute atomic E-state index is 0.0745. The second-order valence-corrected chi connectivity index (χ2v) is 5.13. The molecule has 2 rings (SSSR count). The van der Waals surface area contributed by atoms with Crippen LogP contribution < -0.4 is 4.74 Å². The van der Waals surface area contributed by atoms with Crippen LogP contribution in [0.5, 0.6) is 5.75 Å². The van der Waals surface area contributed by atoms with Crippen molar-refractivity contribution in [2.75, 3.05) is 26.8 Å². The molecule has 1 aliphatic rings. The van der Waals surface area contributed by atoms with Crippen molar-refractivity contribution in [3.05, 3.63) is 28.2 Å². The maximum atomic E-state index is 10.3. The van der Waals surface area contributed by atoms with Crippen LogP contribution in [0.2, 0.25) is 0 Å². The molecule has 1 aromatic rings. The number of aliphatic hydroxyl groups excluding tert-OH is 2. The third kappa shape index (κ3) is 2.63. The summed E-state index contributed by atoms with van der Waals surface area (Å²) in [4.78, 5) is 1.91. The lowest BCUT2D eigenvalue weighted by Gasteiger charge is -2.36. The molecule has 2 atom stereocenters. The molecule has 0 amide bonds. The highest BCUT2D eigenvalue weighted by atomic mass is 79.9. The fourth-order valence-corrected chi connectivity index (χ4v) is 2.43. The highest BCUT2D eigenvalue weighted by molar-refractivity contribution is 9.10. The number of ether oxygens (including phenoxy) is 1. The summed E-state index contributed by atoms with van der Waals surface area (Å²) >= 11 is 3.39. The first-order chi connectivity index (χ1) is 8.13. The molecule has 0 bridgehead atoms. The monoisotopic (exact) mass is 301 g/mol. The Hall–Kier alpha value is -0.620. The van der Waals surface area contributed by atoms with E-state index in [1.807, 2.05) is 30.1 Å². The Kier molecular flexibility index (Phi) is 4.04. The van der Waals surface area contributed by atoms with Crippen molar-refractivity contribution in [1.29, 1.82) is 0 Å². The first-order valence-electron chi connectivity index (χ1n) is 5.55. The number of fused-ring (bicyclic) bond motifs is 1. The summed E-state index contributed by atoms with van der Waals surface area (Å²) in [5.74, 6) is 0.731. The van der Waals surface area contributed by atoms with E-state index >= 15 is 0 Å². The van der Waals surface area contributed by atoms with Crippen molar-refractivity contribution < 1.29 is 14.9 Å². The molecule has 0 fully saturated rings. The van der Waals surface area contributed by atoms with E-state index in [1.165, 1.54) is 0 Å².